The van der Waals surface area contributed by atoms with Crippen LogP contribution in [0.25, 0.3) is 0 Å². The van der Waals surface area contributed by atoms with E-state index in [1.807, 2.05) is 43.3 Å². The first-order valence-corrected chi connectivity index (χ1v) is 7.95. The van der Waals surface area contributed by atoms with Crippen molar-refractivity contribution in [3.8, 4) is 5.75 Å². The number of nitrogens with zero attached hydrogens (tertiary/aromatic N) is 2. The summed E-state index contributed by atoms with van der Waals surface area (Å²) in [4.78, 5) is 8.54. The van der Waals surface area contributed by atoms with Crippen LogP contribution in [0, 0.1) is 0 Å². The Balaban J connectivity index is 1.79. The van der Waals surface area contributed by atoms with Crippen molar-refractivity contribution < 1.29 is 4.74 Å². The van der Waals surface area contributed by atoms with Gasteiger partial charge in [0.1, 0.15) is 12.4 Å². The second-order valence-electron chi connectivity index (χ2n) is 4.79. The lowest BCUT2D eigenvalue weighted by Crippen LogP contribution is -2.39. The summed E-state index contributed by atoms with van der Waals surface area (Å²) in [7, 11) is 0. The molecule has 0 aliphatic heterocycles. The molecule has 0 atom stereocenters. The number of rotatable bonds is 7. The summed E-state index contributed by atoms with van der Waals surface area (Å²) in [5.41, 5.74) is 1.07. The molecule has 0 saturated carbocycles. The summed E-state index contributed by atoms with van der Waals surface area (Å²) in [5.74, 6) is 1.51. The Bertz CT molecular complexity index is 619. The molecule has 23 heavy (non-hydrogen) atoms. The fraction of sp³-hybridized carbons (Fsp3) is 0.294. The van der Waals surface area contributed by atoms with Crippen molar-refractivity contribution in [1.82, 2.24) is 15.6 Å². The first-order chi connectivity index (χ1) is 11.3. The predicted molar refractivity (Wildman–Crippen MR) is 94.0 cm³/mol. The Morgan fingerprint density at radius 1 is 1.26 bits per heavy atom. The first kappa shape index (κ1) is 17.1. The van der Waals surface area contributed by atoms with E-state index in [1.54, 1.807) is 12.4 Å². The van der Waals surface area contributed by atoms with E-state index in [-0.39, 0.29) is 0 Å². The van der Waals surface area contributed by atoms with Crippen LogP contribution in [0.4, 0.5) is 0 Å². The number of ether oxygens (including phenoxy) is 1. The van der Waals surface area contributed by atoms with Crippen LogP contribution in [-0.2, 0) is 6.54 Å². The Kier molecular flexibility index (Phi) is 7.20. The molecule has 6 heteroatoms. The summed E-state index contributed by atoms with van der Waals surface area (Å²) in [5, 5.41) is 7.16. The zero-order valence-corrected chi connectivity index (χ0v) is 13.9. The van der Waals surface area contributed by atoms with Crippen LogP contribution in [0.5, 0.6) is 5.75 Å². The molecular formula is C17H21ClN4O. The van der Waals surface area contributed by atoms with Crippen LogP contribution in [0.3, 0.4) is 0 Å². The number of benzene rings is 1. The second-order valence-corrected chi connectivity index (χ2v) is 5.23. The fourth-order valence-corrected chi connectivity index (χ4v) is 2.13. The molecule has 0 amide bonds. The van der Waals surface area contributed by atoms with Crippen molar-refractivity contribution in [3.05, 3.63) is 59.4 Å². The number of hydrogen-bond acceptors (Lipinski definition) is 3. The number of nitrogens with one attached hydrogen (secondary N) is 2. The van der Waals surface area contributed by atoms with Gasteiger partial charge in [-0.1, -0.05) is 23.7 Å². The molecule has 0 aliphatic rings. The van der Waals surface area contributed by atoms with Crippen molar-refractivity contribution in [3.63, 3.8) is 0 Å². The fourth-order valence-electron chi connectivity index (χ4n) is 1.92. The zero-order chi connectivity index (χ0) is 16.3. The van der Waals surface area contributed by atoms with Gasteiger partial charge in [-0.15, -0.1) is 0 Å². The average Bonchev–Trinajstić information content (AvgIpc) is 2.57. The van der Waals surface area contributed by atoms with Crippen LogP contribution in [-0.4, -0.2) is 30.6 Å². The van der Waals surface area contributed by atoms with E-state index in [2.05, 4.69) is 20.6 Å². The van der Waals surface area contributed by atoms with Crippen LogP contribution >= 0.6 is 11.6 Å². The largest absolute Gasteiger partial charge is 0.490 e. The maximum atomic E-state index is 5.98. The summed E-state index contributed by atoms with van der Waals surface area (Å²) >= 11 is 5.98. The minimum atomic E-state index is 0.535. The summed E-state index contributed by atoms with van der Waals surface area (Å²) in [6, 6.07) is 11.4. The van der Waals surface area contributed by atoms with Gasteiger partial charge in [-0.25, -0.2) is 4.99 Å². The van der Waals surface area contributed by atoms with Crippen molar-refractivity contribution >= 4 is 17.6 Å². The van der Waals surface area contributed by atoms with Crippen LogP contribution in [0.15, 0.2) is 53.8 Å². The van der Waals surface area contributed by atoms with Crippen molar-refractivity contribution in [2.75, 3.05) is 19.7 Å². The molecule has 0 aliphatic carbocycles. The molecule has 0 bridgehead atoms. The molecule has 0 saturated heterocycles. The quantitative estimate of drug-likeness (QED) is 0.465. The number of hydrogen-bond donors (Lipinski definition) is 2. The Hall–Kier alpha value is -2.27. The van der Waals surface area contributed by atoms with Gasteiger partial charge in [0.2, 0.25) is 0 Å². The van der Waals surface area contributed by atoms with Crippen LogP contribution in [0.2, 0.25) is 5.02 Å². The molecular weight excluding hydrogens is 312 g/mol. The third-order valence-electron chi connectivity index (χ3n) is 2.95. The normalized spacial score (nSPS) is 11.1. The standard InChI is InChI=1S/C17H21ClN4O/c1-2-20-17(22-12-14-5-3-6-15(18)11-14)21-9-10-23-16-7-4-8-19-13-16/h3-8,11,13H,2,9-10,12H2,1H3,(H2,20,21,22). The predicted octanol–water partition coefficient (Wildman–Crippen LogP) is 2.87. The highest BCUT2D eigenvalue weighted by Crippen LogP contribution is 2.11. The molecule has 2 rings (SSSR count). The van der Waals surface area contributed by atoms with Gasteiger partial charge in [0.05, 0.1) is 19.3 Å². The Labute approximate surface area is 141 Å². The maximum Gasteiger partial charge on any atom is 0.191 e. The summed E-state index contributed by atoms with van der Waals surface area (Å²) in [6.07, 6.45) is 3.41. The van der Waals surface area contributed by atoms with Gasteiger partial charge < -0.3 is 15.4 Å². The number of aromatic nitrogens is 1. The molecule has 5 nitrogen and oxygen atoms in total. The van der Waals surface area contributed by atoms with Crippen molar-refractivity contribution in [1.29, 1.82) is 0 Å². The van der Waals surface area contributed by atoms with E-state index in [0.29, 0.717) is 19.7 Å². The molecule has 1 heterocycles. The minimum absolute atomic E-state index is 0.535. The Morgan fingerprint density at radius 2 is 2.17 bits per heavy atom. The van der Waals surface area contributed by atoms with Crippen LogP contribution in [0.1, 0.15) is 12.5 Å². The topological polar surface area (TPSA) is 58.5 Å². The average molecular weight is 333 g/mol. The van der Waals surface area contributed by atoms with Crippen molar-refractivity contribution in [2.45, 2.75) is 13.5 Å². The van der Waals surface area contributed by atoms with E-state index < -0.39 is 0 Å². The zero-order valence-electron chi connectivity index (χ0n) is 13.1. The van der Waals surface area contributed by atoms with Crippen LogP contribution < -0.4 is 15.4 Å². The van der Waals surface area contributed by atoms with E-state index in [1.165, 1.54) is 0 Å². The van der Waals surface area contributed by atoms with Gasteiger partial charge in [-0.2, -0.15) is 0 Å². The van der Waals surface area contributed by atoms with Gasteiger partial charge in [-0.3, -0.25) is 4.98 Å². The van der Waals surface area contributed by atoms with E-state index in [0.717, 1.165) is 28.8 Å². The van der Waals surface area contributed by atoms with E-state index in [9.17, 15) is 0 Å². The molecule has 2 N–H and O–H groups in total. The minimum Gasteiger partial charge on any atom is -0.490 e. The van der Waals surface area contributed by atoms with Gasteiger partial charge in [0.15, 0.2) is 5.96 Å². The maximum absolute atomic E-state index is 5.98. The van der Waals surface area contributed by atoms with Gasteiger partial charge in [0, 0.05) is 17.8 Å². The molecule has 1 aromatic heterocycles. The van der Waals surface area contributed by atoms with E-state index in [4.69, 9.17) is 16.3 Å². The summed E-state index contributed by atoms with van der Waals surface area (Å²) < 4.78 is 5.59. The molecule has 0 fully saturated rings. The van der Waals surface area contributed by atoms with Gasteiger partial charge in [-0.05, 0) is 36.8 Å². The number of guanidine groups is 1. The molecule has 0 unspecified atom stereocenters. The number of aliphatic imine (C=N–C) groups is 1. The molecule has 0 spiro atoms. The molecule has 122 valence electrons. The van der Waals surface area contributed by atoms with Gasteiger partial charge in [0.25, 0.3) is 0 Å². The molecule has 2 aromatic rings. The van der Waals surface area contributed by atoms with Gasteiger partial charge >= 0.3 is 0 Å². The smallest absolute Gasteiger partial charge is 0.191 e. The third-order valence-corrected chi connectivity index (χ3v) is 3.19. The second kappa shape index (κ2) is 9.69. The number of pyridine rings is 1. The Morgan fingerprint density at radius 3 is 2.91 bits per heavy atom. The lowest BCUT2D eigenvalue weighted by Gasteiger charge is -2.12. The highest BCUT2D eigenvalue weighted by Gasteiger charge is 1.99. The van der Waals surface area contributed by atoms with Crippen molar-refractivity contribution in [2.24, 2.45) is 4.99 Å². The highest BCUT2D eigenvalue weighted by atomic mass is 35.5. The highest BCUT2D eigenvalue weighted by molar-refractivity contribution is 6.30. The number of halogens is 1. The monoisotopic (exact) mass is 332 g/mol. The van der Waals surface area contributed by atoms with E-state index >= 15 is 0 Å². The SMILES string of the molecule is CCNC(=NCc1cccc(Cl)c1)NCCOc1cccnc1. The lowest BCUT2D eigenvalue weighted by atomic mass is 10.2. The molecule has 1 aromatic carbocycles. The first-order valence-electron chi connectivity index (χ1n) is 7.57. The summed E-state index contributed by atoms with van der Waals surface area (Å²) in [6.45, 7) is 4.58. The molecule has 0 radical (unpaired) electrons. The third kappa shape index (κ3) is 6.57. The lowest BCUT2D eigenvalue weighted by molar-refractivity contribution is 0.320.